The van der Waals surface area contributed by atoms with Gasteiger partial charge in [-0.1, -0.05) is 41.9 Å². The Morgan fingerprint density at radius 3 is 2.73 bits per heavy atom. The van der Waals surface area contributed by atoms with E-state index in [2.05, 4.69) is 6.07 Å². The minimum Gasteiger partial charge on any atom is -0.479 e. The molecule has 2 aromatic carbocycles. The lowest BCUT2D eigenvalue weighted by Crippen LogP contribution is -2.43. The zero-order valence-corrected chi connectivity index (χ0v) is 13.2. The molecule has 3 nitrogen and oxygen atoms in total. The smallest absolute Gasteiger partial charge is 0.267 e. The summed E-state index contributed by atoms with van der Waals surface area (Å²) in [5.74, 6) is 0.502. The molecule has 0 spiro atoms. The van der Waals surface area contributed by atoms with E-state index in [1.165, 1.54) is 5.56 Å². The first-order valence-electron chi connectivity index (χ1n) is 7.47. The fourth-order valence-corrected chi connectivity index (χ4v) is 2.94. The summed E-state index contributed by atoms with van der Waals surface area (Å²) in [5, 5.41) is 0.515. The standard InChI is InChI=1S/C18H18ClNO2/c1-13(22-17-11-5-3-9-15(17)19)18(21)20-12-6-8-14-7-2-4-10-16(14)20/h2-5,7,9-11,13H,6,8,12H2,1H3. The number of amides is 1. The van der Waals surface area contributed by atoms with Gasteiger partial charge in [-0.2, -0.15) is 0 Å². The maximum absolute atomic E-state index is 12.7. The van der Waals surface area contributed by atoms with Gasteiger partial charge in [-0.3, -0.25) is 4.79 Å². The lowest BCUT2D eigenvalue weighted by Gasteiger charge is -2.31. The molecule has 1 unspecified atom stereocenters. The molecule has 1 atom stereocenters. The summed E-state index contributed by atoms with van der Waals surface area (Å²) in [5.41, 5.74) is 2.21. The summed E-state index contributed by atoms with van der Waals surface area (Å²) in [6.07, 6.45) is 1.41. The molecule has 0 radical (unpaired) electrons. The molecule has 22 heavy (non-hydrogen) atoms. The van der Waals surface area contributed by atoms with Crippen LogP contribution in [0.1, 0.15) is 18.9 Å². The third kappa shape index (κ3) is 2.95. The van der Waals surface area contributed by atoms with Crippen molar-refractivity contribution in [2.45, 2.75) is 25.9 Å². The third-order valence-corrected chi connectivity index (χ3v) is 4.18. The number of carbonyl (C=O) groups is 1. The number of hydrogen-bond donors (Lipinski definition) is 0. The van der Waals surface area contributed by atoms with E-state index >= 15 is 0 Å². The number of hydrogen-bond acceptors (Lipinski definition) is 2. The summed E-state index contributed by atoms with van der Waals surface area (Å²) in [7, 11) is 0. The quantitative estimate of drug-likeness (QED) is 0.854. The highest BCUT2D eigenvalue weighted by Crippen LogP contribution is 2.29. The van der Waals surface area contributed by atoms with Gasteiger partial charge in [0.25, 0.3) is 5.91 Å². The molecule has 0 aliphatic carbocycles. The first kappa shape index (κ1) is 14.9. The zero-order chi connectivity index (χ0) is 15.5. The predicted molar refractivity (Wildman–Crippen MR) is 88.7 cm³/mol. The number of halogens is 1. The van der Waals surface area contributed by atoms with E-state index in [0.29, 0.717) is 10.8 Å². The number of rotatable bonds is 3. The molecule has 0 saturated heterocycles. The lowest BCUT2D eigenvalue weighted by molar-refractivity contribution is -0.124. The Morgan fingerprint density at radius 1 is 1.18 bits per heavy atom. The summed E-state index contributed by atoms with van der Waals surface area (Å²) >= 11 is 6.09. The molecule has 0 fully saturated rings. The highest BCUT2D eigenvalue weighted by molar-refractivity contribution is 6.32. The number of aryl methyl sites for hydroxylation is 1. The average Bonchev–Trinajstić information content (AvgIpc) is 2.55. The Kier molecular flexibility index (Phi) is 4.34. The van der Waals surface area contributed by atoms with Gasteiger partial charge in [0.05, 0.1) is 5.02 Å². The summed E-state index contributed by atoms with van der Waals surface area (Å²) in [6, 6.07) is 15.3. The van der Waals surface area contributed by atoms with E-state index in [9.17, 15) is 4.79 Å². The van der Waals surface area contributed by atoms with Gasteiger partial charge in [0.2, 0.25) is 0 Å². The number of para-hydroxylation sites is 2. The molecule has 4 heteroatoms. The van der Waals surface area contributed by atoms with Crippen LogP contribution < -0.4 is 9.64 Å². The number of nitrogens with zero attached hydrogens (tertiary/aromatic N) is 1. The number of benzene rings is 2. The second kappa shape index (κ2) is 6.41. The van der Waals surface area contributed by atoms with Crippen molar-refractivity contribution >= 4 is 23.2 Å². The summed E-state index contributed by atoms with van der Waals surface area (Å²) < 4.78 is 5.75. The number of ether oxygens (including phenoxy) is 1. The first-order chi connectivity index (χ1) is 10.7. The molecule has 114 valence electrons. The highest BCUT2D eigenvalue weighted by atomic mass is 35.5. The Hall–Kier alpha value is -2.00. The summed E-state index contributed by atoms with van der Waals surface area (Å²) in [4.78, 5) is 14.6. The number of carbonyl (C=O) groups excluding carboxylic acids is 1. The molecule has 1 aliphatic heterocycles. The van der Waals surface area contributed by atoms with Gasteiger partial charge >= 0.3 is 0 Å². The van der Waals surface area contributed by atoms with Crippen LogP contribution in [0.15, 0.2) is 48.5 Å². The Labute approximate surface area is 135 Å². The van der Waals surface area contributed by atoms with Crippen molar-refractivity contribution in [1.29, 1.82) is 0 Å². The zero-order valence-electron chi connectivity index (χ0n) is 12.5. The minimum atomic E-state index is -0.578. The van der Waals surface area contributed by atoms with Crippen molar-refractivity contribution < 1.29 is 9.53 Å². The van der Waals surface area contributed by atoms with E-state index in [4.69, 9.17) is 16.3 Å². The third-order valence-electron chi connectivity index (χ3n) is 3.86. The van der Waals surface area contributed by atoms with Crippen LogP contribution in [0.5, 0.6) is 5.75 Å². The molecular weight excluding hydrogens is 298 g/mol. The minimum absolute atomic E-state index is 0.0351. The Bertz CT molecular complexity index is 686. The molecule has 1 heterocycles. The molecule has 0 saturated carbocycles. The molecule has 0 aromatic heterocycles. The molecule has 1 amide bonds. The Balaban J connectivity index is 1.78. The van der Waals surface area contributed by atoms with E-state index in [1.54, 1.807) is 19.1 Å². The van der Waals surface area contributed by atoms with Crippen molar-refractivity contribution in [2.75, 3.05) is 11.4 Å². The van der Waals surface area contributed by atoms with Crippen LogP contribution in [0.4, 0.5) is 5.69 Å². The second-order valence-corrected chi connectivity index (χ2v) is 5.82. The molecular formula is C18H18ClNO2. The molecule has 0 N–H and O–H groups in total. The Morgan fingerprint density at radius 2 is 1.91 bits per heavy atom. The van der Waals surface area contributed by atoms with Crippen LogP contribution in [-0.2, 0) is 11.2 Å². The average molecular weight is 316 g/mol. The van der Waals surface area contributed by atoms with Crippen molar-refractivity contribution in [2.24, 2.45) is 0 Å². The molecule has 3 rings (SSSR count). The van der Waals surface area contributed by atoms with E-state index in [1.807, 2.05) is 35.2 Å². The van der Waals surface area contributed by atoms with Crippen molar-refractivity contribution in [3.05, 3.63) is 59.1 Å². The molecule has 1 aliphatic rings. The van der Waals surface area contributed by atoms with E-state index in [-0.39, 0.29) is 5.91 Å². The normalized spacial score (nSPS) is 15.1. The first-order valence-corrected chi connectivity index (χ1v) is 7.85. The van der Waals surface area contributed by atoms with Crippen LogP contribution in [0, 0.1) is 0 Å². The van der Waals surface area contributed by atoms with Gasteiger partial charge < -0.3 is 9.64 Å². The van der Waals surface area contributed by atoms with Gasteiger partial charge in [0.1, 0.15) is 5.75 Å². The maximum atomic E-state index is 12.7. The SMILES string of the molecule is CC(Oc1ccccc1Cl)C(=O)N1CCCc2ccccc21. The van der Waals surface area contributed by atoms with Crippen LogP contribution in [0.2, 0.25) is 5.02 Å². The van der Waals surface area contributed by atoms with E-state index in [0.717, 1.165) is 25.1 Å². The van der Waals surface area contributed by atoms with Gasteiger partial charge in [-0.05, 0) is 43.5 Å². The molecule has 2 aromatic rings. The fourth-order valence-electron chi connectivity index (χ4n) is 2.76. The predicted octanol–water partition coefficient (Wildman–Crippen LogP) is 4.09. The second-order valence-electron chi connectivity index (χ2n) is 5.41. The van der Waals surface area contributed by atoms with Crippen molar-refractivity contribution in [1.82, 2.24) is 0 Å². The highest BCUT2D eigenvalue weighted by Gasteiger charge is 2.27. The van der Waals surface area contributed by atoms with Crippen LogP contribution in [-0.4, -0.2) is 18.6 Å². The summed E-state index contributed by atoms with van der Waals surface area (Å²) in [6.45, 7) is 2.49. The fraction of sp³-hybridized carbons (Fsp3) is 0.278. The van der Waals surface area contributed by atoms with Crippen molar-refractivity contribution in [3.63, 3.8) is 0 Å². The van der Waals surface area contributed by atoms with Crippen molar-refractivity contribution in [3.8, 4) is 5.75 Å². The maximum Gasteiger partial charge on any atom is 0.267 e. The van der Waals surface area contributed by atoms with Crippen LogP contribution in [0.3, 0.4) is 0 Å². The van der Waals surface area contributed by atoms with Gasteiger partial charge in [0.15, 0.2) is 6.10 Å². The number of anilines is 1. The monoisotopic (exact) mass is 315 g/mol. The van der Waals surface area contributed by atoms with E-state index < -0.39 is 6.10 Å². The van der Waals surface area contributed by atoms with Gasteiger partial charge in [-0.25, -0.2) is 0 Å². The lowest BCUT2D eigenvalue weighted by atomic mass is 10.0. The van der Waals surface area contributed by atoms with Crippen LogP contribution >= 0.6 is 11.6 Å². The largest absolute Gasteiger partial charge is 0.479 e. The topological polar surface area (TPSA) is 29.5 Å². The van der Waals surface area contributed by atoms with Gasteiger partial charge in [0, 0.05) is 12.2 Å². The van der Waals surface area contributed by atoms with Gasteiger partial charge in [-0.15, -0.1) is 0 Å². The molecule has 0 bridgehead atoms. The number of fused-ring (bicyclic) bond motifs is 1. The van der Waals surface area contributed by atoms with Crippen LogP contribution in [0.25, 0.3) is 0 Å².